The van der Waals surface area contributed by atoms with E-state index in [1.165, 1.54) is 25.3 Å². The number of ether oxygens (including phenoxy) is 1. The van der Waals surface area contributed by atoms with Crippen LogP contribution in [-0.2, 0) is 10.2 Å². The van der Waals surface area contributed by atoms with Crippen LogP contribution in [0.3, 0.4) is 0 Å². The molecule has 3 unspecified atom stereocenters. The van der Waals surface area contributed by atoms with E-state index < -0.39 is 0 Å². The maximum Gasteiger partial charge on any atom is 0.191 e. The highest BCUT2D eigenvalue weighted by Gasteiger charge is 2.66. The molecule has 5 heteroatoms. The van der Waals surface area contributed by atoms with E-state index >= 15 is 0 Å². The molecular weight excluding hydrogens is 329 g/mol. The summed E-state index contributed by atoms with van der Waals surface area (Å²) in [6.07, 6.45) is 5.43. The van der Waals surface area contributed by atoms with E-state index in [1.54, 1.807) is 12.1 Å². The summed E-state index contributed by atoms with van der Waals surface area (Å²) < 4.78 is 19.6. The molecule has 3 atom stereocenters. The van der Waals surface area contributed by atoms with Gasteiger partial charge in [-0.1, -0.05) is 32.4 Å². The molecular formula is C21H30FN3O. The molecule has 1 heterocycles. The molecule has 1 spiro atoms. The van der Waals surface area contributed by atoms with Gasteiger partial charge < -0.3 is 15.4 Å². The summed E-state index contributed by atoms with van der Waals surface area (Å²) in [7, 11) is 1.82. The average molecular weight is 359 g/mol. The van der Waals surface area contributed by atoms with Crippen LogP contribution in [0, 0.1) is 17.2 Å². The molecule has 26 heavy (non-hydrogen) atoms. The van der Waals surface area contributed by atoms with Crippen molar-refractivity contribution in [2.24, 2.45) is 16.3 Å². The molecule has 0 aromatic heterocycles. The van der Waals surface area contributed by atoms with Gasteiger partial charge in [0.15, 0.2) is 5.96 Å². The predicted octanol–water partition coefficient (Wildman–Crippen LogP) is 3.23. The minimum atomic E-state index is -0.188. The maximum absolute atomic E-state index is 13.6. The highest BCUT2D eigenvalue weighted by atomic mass is 19.1. The van der Waals surface area contributed by atoms with Crippen molar-refractivity contribution in [1.82, 2.24) is 10.6 Å². The van der Waals surface area contributed by atoms with Gasteiger partial charge in [-0.3, -0.25) is 4.99 Å². The average Bonchev–Trinajstić information content (AvgIpc) is 2.99. The van der Waals surface area contributed by atoms with Crippen LogP contribution in [0.15, 0.2) is 29.3 Å². The SMILES string of the molecule is CN=C(NCC(C)(C)c1cccc(F)c1)NC1C2CCOC2C12CCC2. The highest BCUT2D eigenvalue weighted by molar-refractivity contribution is 5.80. The number of guanidine groups is 1. The number of fused-ring (bicyclic) bond motifs is 2. The third kappa shape index (κ3) is 2.81. The monoisotopic (exact) mass is 359 g/mol. The van der Waals surface area contributed by atoms with Crippen LogP contribution in [0.2, 0.25) is 0 Å². The van der Waals surface area contributed by atoms with Crippen LogP contribution in [0.1, 0.15) is 45.1 Å². The molecule has 142 valence electrons. The second-order valence-corrected chi connectivity index (χ2v) is 8.77. The Kier molecular flexibility index (Phi) is 4.46. The highest BCUT2D eigenvalue weighted by Crippen LogP contribution is 2.62. The molecule has 1 aliphatic heterocycles. The van der Waals surface area contributed by atoms with E-state index in [4.69, 9.17) is 4.74 Å². The number of benzene rings is 1. The topological polar surface area (TPSA) is 45.7 Å². The van der Waals surface area contributed by atoms with Crippen molar-refractivity contribution in [1.29, 1.82) is 0 Å². The Morgan fingerprint density at radius 3 is 2.85 bits per heavy atom. The summed E-state index contributed by atoms with van der Waals surface area (Å²) in [4.78, 5) is 4.44. The fourth-order valence-corrected chi connectivity index (χ4v) is 5.11. The van der Waals surface area contributed by atoms with E-state index in [1.807, 2.05) is 13.1 Å². The predicted molar refractivity (Wildman–Crippen MR) is 102 cm³/mol. The fourth-order valence-electron chi connectivity index (χ4n) is 5.11. The first-order chi connectivity index (χ1) is 12.5. The number of halogens is 1. The molecule has 4 rings (SSSR count). The van der Waals surface area contributed by atoms with Gasteiger partial charge in [-0.15, -0.1) is 0 Å². The molecule has 3 fully saturated rings. The number of rotatable bonds is 4. The van der Waals surface area contributed by atoms with Crippen molar-refractivity contribution in [2.45, 2.75) is 57.1 Å². The van der Waals surface area contributed by atoms with Gasteiger partial charge in [0.25, 0.3) is 0 Å². The Morgan fingerprint density at radius 2 is 2.19 bits per heavy atom. The molecule has 1 saturated heterocycles. The van der Waals surface area contributed by atoms with Crippen molar-refractivity contribution < 1.29 is 9.13 Å². The molecule has 0 radical (unpaired) electrons. The normalized spacial score (nSPS) is 29.7. The van der Waals surface area contributed by atoms with Crippen molar-refractivity contribution >= 4 is 5.96 Å². The molecule has 3 aliphatic rings. The zero-order valence-electron chi connectivity index (χ0n) is 16.0. The zero-order valence-corrected chi connectivity index (χ0v) is 16.0. The summed E-state index contributed by atoms with van der Waals surface area (Å²) in [6.45, 7) is 5.84. The quantitative estimate of drug-likeness (QED) is 0.641. The van der Waals surface area contributed by atoms with Crippen molar-refractivity contribution in [3.8, 4) is 0 Å². The zero-order chi connectivity index (χ0) is 18.4. The molecule has 2 aliphatic carbocycles. The largest absolute Gasteiger partial charge is 0.377 e. The van der Waals surface area contributed by atoms with Crippen LogP contribution >= 0.6 is 0 Å². The smallest absolute Gasteiger partial charge is 0.191 e. The van der Waals surface area contributed by atoms with Crippen LogP contribution in [-0.4, -0.2) is 38.3 Å². The lowest BCUT2D eigenvalue weighted by molar-refractivity contribution is -0.171. The first kappa shape index (κ1) is 17.8. The molecule has 2 saturated carbocycles. The Hall–Kier alpha value is -1.62. The number of hydrogen-bond acceptors (Lipinski definition) is 2. The maximum atomic E-state index is 13.6. The van der Waals surface area contributed by atoms with E-state index in [9.17, 15) is 4.39 Å². The number of hydrogen-bond donors (Lipinski definition) is 2. The molecule has 4 nitrogen and oxygen atoms in total. The lowest BCUT2D eigenvalue weighted by Crippen LogP contribution is -2.72. The number of nitrogens with zero attached hydrogens (tertiary/aromatic N) is 1. The minimum Gasteiger partial charge on any atom is -0.377 e. The molecule has 1 aromatic rings. The Morgan fingerprint density at radius 1 is 1.38 bits per heavy atom. The number of nitrogens with one attached hydrogen (secondary N) is 2. The van der Waals surface area contributed by atoms with Gasteiger partial charge in [-0.05, 0) is 37.0 Å². The molecule has 2 N–H and O–H groups in total. The van der Waals surface area contributed by atoms with E-state index in [0.29, 0.717) is 30.0 Å². The van der Waals surface area contributed by atoms with Crippen LogP contribution < -0.4 is 10.6 Å². The lowest BCUT2D eigenvalue weighted by Gasteiger charge is -2.63. The Balaban J connectivity index is 1.39. The summed E-state index contributed by atoms with van der Waals surface area (Å²) >= 11 is 0. The third-order valence-electron chi connectivity index (χ3n) is 6.86. The van der Waals surface area contributed by atoms with Gasteiger partial charge >= 0.3 is 0 Å². The first-order valence-corrected chi connectivity index (χ1v) is 9.81. The Labute approximate surface area is 155 Å². The van der Waals surface area contributed by atoms with Crippen molar-refractivity contribution in [3.63, 3.8) is 0 Å². The third-order valence-corrected chi connectivity index (χ3v) is 6.86. The van der Waals surface area contributed by atoms with Crippen molar-refractivity contribution in [2.75, 3.05) is 20.2 Å². The van der Waals surface area contributed by atoms with Gasteiger partial charge in [0.2, 0.25) is 0 Å². The summed E-state index contributed by atoms with van der Waals surface area (Å²) in [5.74, 6) is 1.27. The van der Waals surface area contributed by atoms with Gasteiger partial charge in [-0.2, -0.15) is 0 Å². The lowest BCUT2D eigenvalue weighted by atomic mass is 9.46. The van der Waals surface area contributed by atoms with Crippen LogP contribution in [0.5, 0.6) is 0 Å². The van der Waals surface area contributed by atoms with Gasteiger partial charge in [-0.25, -0.2) is 4.39 Å². The van der Waals surface area contributed by atoms with E-state index in [0.717, 1.165) is 24.6 Å². The molecule has 0 amide bonds. The summed E-state index contributed by atoms with van der Waals surface area (Å²) in [5, 5.41) is 7.16. The second kappa shape index (κ2) is 6.52. The van der Waals surface area contributed by atoms with Crippen LogP contribution in [0.25, 0.3) is 0 Å². The van der Waals surface area contributed by atoms with Gasteiger partial charge in [0.05, 0.1) is 6.10 Å². The Bertz CT molecular complexity index is 698. The first-order valence-electron chi connectivity index (χ1n) is 9.81. The minimum absolute atomic E-state index is 0.188. The molecule has 0 bridgehead atoms. The number of aliphatic imine (C=N–C) groups is 1. The van der Waals surface area contributed by atoms with Gasteiger partial charge in [0.1, 0.15) is 5.82 Å². The summed E-state index contributed by atoms with van der Waals surface area (Å²) in [6, 6.07) is 7.33. The molecule has 1 aromatic carbocycles. The second-order valence-electron chi connectivity index (χ2n) is 8.77. The van der Waals surface area contributed by atoms with Crippen molar-refractivity contribution in [3.05, 3.63) is 35.6 Å². The van der Waals surface area contributed by atoms with E-state index in [2.05, 4.69) is 29.5 Å². The fraction of sp³-hybridized carbons (Fsp3) is 0.667. The van der Waals surface area contributed by atoms with E-state index in [-0.39, 0.29) is 11.2 Å². The van der Waals surface area contributed by atoms with Crippen LogP contribution in [0.4, 0.5) is 4.39 Å². The van der Waals surface area contributed by atoms with Gasteiger partial charge in [0, 0.05) is 43.0 Å². The standard InChI is InChI=1S/C21H30FN3O/c1-20(2,14-6-4-7-15(22)12-14)13-24-19(23-3)25-17-16-8-11-26-18(16)21(17)9-5-10-21/h4,6-7,12,16-18H,5,8-11,13H2,1-3H3,(H2,23,24,25). The summed E-state index contributed by atoms with van der Waals surface area (Å²) in [5.41, 5.74) is 1.13.